The SMILES string of the molecule is CC(NC(=O)N(CC(=O)O)C(C)C)C(=O)NC1CC1. The minimum Gasteiger partial charge on any atom is -0.480 e. The van der Waals surface area contributed by atoms with Crippen molar-refractivity contribution in [3.8, 4) is 0 Å². The molecule has 0 aliphatic heterocycles. The number of aliphatic carboxylic acids is 1. The fourth-order valence-corrected chi connectivity index (χ4v) is 1.52. The number of carbonyl (C=O) groups is 3. The van der Waals surface area contributed by atoms with Gasteiger partial charge in [-0.1, -0.05) is 0 Å². The zero-order valence-electron chi connectivity index (χ0n) is 11.5. The Bertz CT molecular complexity index is 366. The molecule has 7 heteroatoms. The molecule has 0 aromatic heterocycles. The summed E-state index contributed by atoms with van der Waals surface area (Å²) in [5.74, 6) is -1.33. The van der Waals surface area contributed by atoms with Gasteiger partial charge in [0.15, 0.2) is 0 Å². The molecule has 3 N–H and O–H groups in total. The van der Waals surface area contributed by atoms with Crippen LogP contribution in [0.4, 0.5) is 4.79 Å². The summed E-state index contributed by atoms with van der Waals surface area (Å²) in [5.41, 5.74) is 0. The monoisotopic (exact) mass is 271 g/mol. The standard InChI is InChI=1S/C12H21N3O4/c1-7(2)15(6-10(16)17)12(19)13-8(3)11(18)14-9-4-5-9/h7-9H,4-6H2,1-3H3,(H,13,19)(H,14,18)(H,16,17). The smallest absolute Gasteiger partial charge is 0.323 e. The Labute approximate surface area is 112 Å². The van der Waals surface area contributed by atoms with Gasteiger partial charge in [-0.3, -0.25) is 9.59 Å². The van der Waals surface area contributed by atoms with Crippen LogP contribution in [-0.4, -0.2) is 52.6 Å². The number of rotatable bonds is 6. The first-order valence-electron chi connectivity index (χ1n) is 6.40. The molecule has 19 heavy (non-hydrogen) atoms. The number of carboxylic acid groups (broad SMARTS) is 1. The Morgan fingerprint density at radius 3 is 2.26 bits per heavy atom. The van der Waals surface area contributed by atoms with Gasteiger partial charge in [-0.2, -0.15) is 0 Å². The lowest BCUT2D eigenvalue weighted by Crippen LogP contribution is -2.53. The fourth-order valence-electron chi connectivity index (χ4n) is 1.52. The number of carbonyl (C=O) groups excluding carboxylic acids is 2. The van der Waals surface area contributed by atoms with Crippen LogP contribution in [0.25, 0.3) is 0 Å². The summed E-state index contributed by atoms with van der Waals surface area (Å²) in [5, 5.41) is 14.0. The molecule has 0 aromatic carbocycles. The topological polar surface area (TPSA) is 98.7 Å². The second-order valence-electron chi connectivity index (χ2n) is 5.07. The van der Waals surface area contributed by atoms with Crippen molar-refractivity contribution in [1.29, 1.82) is 0 Å². The van der Waals surface area contributed by atoms with Crippen molar-refractivity contribution in [1.82, 2.24) is 15.5 Å². The predicted octanol–water partition coefficient (Wildman–Crippen LogP) is 0.158. The highest BCUT2D eigenvalue weighted by Gasteiger charge is 2.28. The molecule has 1 fully saturated rings. The van der Waals surface area contributed by atoms with Gasteiger partial charge in [-0.05, 0) is 33.6 Å². The van der Waals surface area contributed by atoms with Crippen molar-refractivity contribution in [2.75, 3.05) is 6.54 Å². The first-order chi connectivity index (χ1) is 8.81. The van der Waals surface area contributed by atoms with Gasteiger partial charge in [0.2, 0.25) is 5.91 Å². The third-order valence-corrected chi connectivity index (χ3v) is 2.85. The van der Waals surface area contributed by atoms with Crippen LogP contribution in [-0.2, 0) is 9.59 Å². The van der Waals surface area contributed by atoms with E-state index in [4.69, 9.17) is 5.11 Å². The van der Waals surface area contributed by atoms with E-state index in [0.717, 1.165) is 12.8 Å². The van der Waals surface area contributed by atoms with E-state index in [2.05, 4.69) is 10.6 Å². The van der Waals surface area contributed by atoms with Gasteiger partial charge in [-0.25, -0.2) is 4.79 Å². The highest BCUT2D eigenvalue weighted by atomic mass is 16.4. The van der Waals surface area contributed by atoms with E-state index in [9.17, 15) is 14.4 Å². The van der Waals surface area contributed by atoms with E-state index in [1.807, 2.05) is 0 Å². The van der Waals surface area contributed by atoms with Crippen LogP contribution < -0.4 is 10.6 Å². The van der Waals surface area contributed by atoms with Crippen LogP contribution >= 0.6 is 0 Å². The van der Waals surface area contributed by atoms with Gasteiger partial charge in [0.05, 0.1) is 0 Å². The normalized spacial score (nSPS) is 15.8. The maximum absolute atomic E-state index is 11.9. The number of amides is 3. The second-order valence-corrected chi connectivity index (χ2v) is 5.07. The molecule has 3 amide bonds. The summed E-state index contributed by atoms with van der Waals surface area (Å²) in [6, 6.07) is -1.25. The first kappa shape index (κ1) is 15.3. The van der Waals surface area contributed by atoms with Gasteiger partial charge < -0.3 is 20.6 Å². The number of urea groups is 1. The molecule has 0 heterocycles. The number of hydrogen-bond donors (Lipinski definition) is 3. The van der Waals surface area contributed by atoms with Crippen LogP contribution in [0, 0.1) is 0 Å². The van der Waals surface area contributed by atoms with Gasteiger partial charge in [0.1, 0.15) is 12.6 Å². The van der Waals surface area contributed by atoms with Crippen molar-refractivity contribution in [2.24, 2.45) is 0 Å². The molecule has 1 aliphatic carbocycles. The molecular weight excluding hydrogens is 250 g/mol. The van der Waals surface area contributed by atoms with Crippen LogP contribution in [0.1, 0.15) is 33.6 Å². The van der Waals surface area contributed by atoms with E-state index >= 15 is 0 Å². The molecule has 0 bridgehead atoms. The molecule has 108 valence electrons. The van der Waals surface area contributed by atoms with Crippen molar-refractivity contribution in [3.63, 3.8) is 0 Å². The zero-order chi connectivity index (χ0) is 14.6. The van der Waals surface area contributed by atoms with Crippen LogP contribution in [0.15, 0.2) is 0 Å². The van der Waals surface area contributed by atoms with Crippen molar-refractivity contribution < 1.29 is 19.5 Å². The first-order valence-corrected chi connectivity index (χ1v) is 6.40. The third kappa shape index (κ3) is 5.15. The van der Waals surface area contributed by atoms with E-state index in [1.165, 1.54) is 4.90 Å². The molecule has 0 saturated heterocycles. The summed E-state index contributed by atoms with van der Waals surface area (Å²) in [6.45, 7) is 4.63. The summed E-state index contributed by atoms with van der Waals surface area (Å²) >= 11 is 0. The average Bonchev–Trinajstić information content (AvgIpc) is 3.08. The molecular formula is C12H21N3O4. The number of nitrogens with zero attached hydrogens (tertiary/aromatic N) is 1. The van der Waals surface area contributed by atoms with Crippen LogP contribution in [0.5, 0.6) is 0 Å². The second kappa shape index (κ2) is 6.40. The summed E-state index contributed by atoms with van der Waals surface area (Å²) in [6.07, 6.45) is 1.95. The Hall–Kier alpha value is -1.79. The van der Waals surface area contributed by atoms with E-state index in [0.29, 0.717) is 0 Å². The maximum atomic E-state index is 11.9. The molecule has 0 aromatic rings. The van der Waals surface area contributed by atoms with Crippen molar-refractivity contribution >= 4 is 17.9 Å². The van der Waals surface area contributed by atoms with Gasteiger partial charge in [0, 0.05) is 12.1 Å². The van der Waals surface area contributed by atoms with E-state index in [1.54, 1.807) is 20.8 Å². The lowest BCUT2D eigenvalue weighted by atomic mass is 10.3. The van der Waals surface area contributed by atoms with Crippen molar-refractivity contribution in [3.05, 3.63) is 0 Å². The number of carboxylic acids is 1. The third-order valence-electron chi connectivity index (χ3n) is 2.85. The Morgan fingerprint density at radius 1 is 1.26 bits per heavy atom. The Morgan fingerprint density at radius 2 is 1.84 bits per heavy atom. The van der Waals surface area contributed by atoms with Crippen LogP contribution in [0.3, 0.4) is 0 Å². The quantitative estimate of drug-likeness (QED) is 0.640. The maximum Gasteiger partial charge on any atom is 0.323 e. The minimum atomic E-state index is -1.08. The zero-order valence-corrected chi connectivity index (χ0v) is 11.5. The van der Waals surface area contributed by atoms with E-state index in [-0.39, 0.29) is 24.5 Å². The lowest BCUT2D eigenvalue weighted by molar-refractivity contribution is -0.138. The molecule has 7 nitrogen and oxygen atoms in total. The highest BCUT2D eigenvalue weighted by Crippen LogP contribution is 2.18. The molecule has 1 saturated carbocycles. The Kier molecular flexibility index (Phi) is 5.14. The van der Waals surface area contributed by atoms with Crippen LogP contribution in [0.2, 0.25) is 0 Å². The van der Waals surface area contributed by atoms with E-state index < -0.39 is 18.0 Å². The summed E-state index contributed by atoms with van der Waals surface area (Å²) in [4.78, 5) is 35.5. The van der Waals surface area contributed by atoms with Gasteiger partial charge in [0.25, 0.3) is 0 Å². The molecule has 0 spiro atoms. The lowest BCUT2D eigenvalue weighted by Gasteiger charge is -2.26. The summed E-state index contributed by atoms with van der Waals surface area (Å²) in [7, 11) is 0. The number of hydrogen-bond acceptors (Lipinski definition) is 3. The Balaban J connectivity index is 2.49. The highest BCUT2D eigenvalue weighted by molar-refractivity contribution is 5.88. The molecule has 1 aliphatic rings. The predicted molar refractivity (Wildman–Crippen MR) is 68.6 cm³/mol. The van der Waals surface area contributed by atoms with Gasteiger partial charge >= 0.3 is 12.0 Å². The average molecular weight is 271 g/mol. The molecule has 1 rings (SSSR count). The molecule has 1 unspecified atom stereocenters. The minimum absolute atomic E-state index is 0.229. The number of nitrogens with one attached hydrogen (secondary N) is 2. The molecule has 1 atom stereocenters. The van der Waals surface area contributed by atoms with Crippen molar-refractivity contribution in [2.45, 2.75) is 51.7 Å². The fraction of sp³-hybridized carbons (Fsp3) is 0.750. The largest absolute Gasteiger partial charge is 0.480 e. The summed E-state index contributed by atoms with van der Waals surface area (Å²) < 4.78 is 0. The van der Waals surface area contributed by atoms with Gasteiger partial charge in [-0.15, -0.1) is 0 Å². The molecule has 0 radical (unpaired) electrons.